The third-order valence-electron chi connectivity index (χ3n) is 6.24. The molecule has 6 heteroatoms. The third kappa shape index (κ3) is 3.90. The first kappa shape index (κ1) is 17.5. The highest BCUT2D eigenvalue weighted by Gasteiger charge is 2.50. The zero-order chi connectivity index (χ0) is 18.1. The Balaban J connectivity index is 1.21. The summed E-state index contributed by atoms with van der Waals surface area (Å²) in [4.78, 5) is 24.0. The molecule has 4 fully saturated rings. The van der Waals surface area contributed by atoms with E-state index in [1.54, 1.807) is 0 Å². The molecule has 140 valence electrons. The summed E-state index contributed by atoms with van der Waals surface area (Å²) < 4.78 is 12.9. The van der Waals surface area contributed by atoms with Crippen LogP contribution in [0.25, 0.3) is 0 Å². The standard InChI is InChI=1S/C20H26FN3O2/c21-16-1-3-17(4-2-16)24-19(26)11-22-18(25)12-23-20-8-13-5-14(9-20)7-15(6-13)10-20/h1-4,13-15,23H,5-12H2,(H,22,25)(H,24,26). The van der Waals surface area contributed by atoms with Crippen LogP contribution in [0.4, 0.5) is 10.1 Å². The summed E-state index contributed by atoms with van der Waals surface area (Å²) in [5.74, 6) is 1.66. The van der Waals surface area contributed by atoms with E-state index in [9.17, 15) is 14.0 Å². The van der Waals surface area contributed by atoms with Gasteiger partial charge in [0.15, 0.2) is 0 Å². The summed E-state index contributed by atoms with van der Waals surface area (Å²) in [5.41, 5.74) is 0.653. The molecule has 4 aliphatic rings. The third-order valence-corrected chi connectivity index (χ3v) is 6.24. The van der Waals surface area contributed by atoms with Gasteiger partial charge in [-0.2, -0.15) is 0 Å². The van der Waals surface area contributed by atoms with E-state index in [0.29, 0.717) is 5.69 Å². The van der Waals surface area contributed by atoms with Crippen molar-refractivity contribution in [3.63, 3.8) is 0 Å². The van der Waals surface area contributed by atoms with E-state index in [0.717, 1.165) is 17.8 Å². The van der Waals surface area contributed by atoms with Crippen LogP contribution in [0.2, 0.25) is 0 Å². The zero-order valence-corrected chi connectivity index (χ0v) is 14.9. The first-order valence-electron chi connectivity index (χ1n) is 9.57. The summed E-state index contributed by atoms with van der Waals surface area (Å²) in [6.45, 7) is 0.175. The van der Waals surface area contributed by atoms with Gasteiger partial charge in [0.05, 0.1) is 13.1 Å². The molecule has 2 amide bonds. The summed E-state index contributed by atoms with van der Waals surface area (Å²) in [7, 11) is 0. The number of rotatable bonds is 6. The van der Waals surface area contributed by atoms with E-state index in [1.807, 2.05) is 0 Å². The van der Waals surface area contributed by atoms with Crippen molar-refractivity contribution in [2.24, 2.45) is 17.8 Å². The van der Waals surface area contributed by atoms with Gasteiger partial charge in [0.25, 0.3) is 0 Å². The van der Waals surface area contributed by atoms with Gasteiger partial charge in [-0.3, -0.25) is 9.59 Å². The molecule has 0 heterocycles. The minimum absolute atomic E-state index is 0.0846. The highest BCUT2D eigenvalue weighted by Crippen LogP contribution is 2.55. The first-order valence-corrected chi connectivity index (χ1v) is 9.57. The number of hydrogen-bond acceptors (Lipinski definition) is 3. The Kier molecular flexibility index (Phi) is 4.69. The molecule has 1 aromatic rings. The van der Waals surface area contributed by atoms with Crippen LogP contribution < -0.4 is 16.0 Å². The number of amides is 2. The van der Waals surface area contributed by atoms with Crippen molar-refractivity contribution in [3.05, 3.63) is 30.1 Å². The van der Waals surface area contributed by atoms with Gasteiger partial charge in [-0.05, 0) is 80.5 Å². The Bertz CT molecular complexity index is 654. The van der Waals surface area contributed by atoms with Crippen molar-refractivity contribution >= 4 is 17.5 Å². The SMILES string of the molecule is O=C(CNC12CC3CC(CC(C3)C1)C2)NCC(=O)Nc1ccc(F)cc1. The fourth-order valence-corrected chi connectivity index (χ4v) is 5.57. The summed E-state index contributed by atoms with van der Waals surface area (Å²) in [5, 5.41) is 8.81. The van der Waals surface area contributed by atoms with Gasteiger partial charge < -0.3 is 16.0 Å². The minimum Gasteiger partial charge on any atom is -0.346 e. The number of anilines is 1. The lowest BCUT2D eigenvalue weighted by atomic mass is 9.53. The van der Waals surface area contributed by atoms with Gasteiger partial charge in [0, 0.05) is 11.2 Å². The Labute approximate surface area is 153 Å². The van der Waals surface area contributed by atoms with E-state index >= 15 is 0 Å². The fourth-order valence-electron chi connectivity index (χ4n) is 5.57. The van der Waals surface area contributed by atoms with Crippen LogP contribution in [0.3, 0.4) is 0 Å². The molecule has 0 unspecified atom stereocenters. The van der Waals surface area contributed by atoms with Crippen molar-refractivity contribution < 1.29 is 14.0 Å². The molecule has 26 heavy (non-hydrogen) atoms. The topological polar surface area (TPSA) is 70.2 Å². The van der Waals surface area contributed by atoms with Crippen molar-refractivity contribution in [1.29, 1.82) is 0 Å². The molecule has 3 N–H and O–H groups in total. The van der Waals surface area contributed by atoms with Crippen LogP contribution in [0.15, 0.2) is 24.3 Å². The molecule has 0 spiro atoms. The van der Waals surface area contributed by atoms with E-state index in [-0.39, 0.29) is 36.3 Å². The maximum atomic E-state index is 12.9. The number of benzene rings is 1. The summed E-state index contributed by atoms with van der Waals surface area (Å²) in [6, 6.07) is 5.54. The quantitative estimate of drug-likeness (QED) is 0.731. The second kappa shape index (κ2) is 6.99. The molecule has 0 atom stereocenters. The van der Waals surface area contributed by atoms with Gasteiger partial charge in [0.1, 0.15) is 5.82 Å². The first-order chi connectivity index (χ1) is 12.5. The Morgan fingerprint density at radius 2 is 1.50 bits per heavy atom. The van der Waals surface area contributed by atoms with E-state index < -0.39 is 0 Å². The van der Waals surface area contributed by atoms with E-state index in [4.69, 9.17) is 0 Å². The van der Waals surface area contributed by atoms with Crippen LogP contribution in [-0.4, -0.2) is 30.4 Å². The number of nitrogens with one attached hydrogen (secondary N) is 3. The smallest absolute Gasteiger partial charge is 0.243 e. The molecule has 4 saturated carbocycles. The van der Waals surface area contributed by atoms with Gasteiger partial charge in [-0.15, -0.1) is 0 Å². The zero-order valence-electron chi connectivity index (χ0n) is 14.9. The Morgan fingerprint density at radius 3 is 2.08 bits per heavy atom. The Morgan fingerprint density at radius 1 is 0.923 bits per heavy atom. The largest absolute Gasteiger partial charge is 0.346 e. The molecule has 1 aromatic carbocycles. The van der Waals surface area contributed by atoms with Crippen LogP contribution in [0, 0.1) is 23.6 Å². The van der Waals surface area contributed by atoms with Crippen LogP contribution in [0.5, 0.6) is 0 Å². The highest BCUT2D eigenvalue weighted by molar-refractivity contribution is 5.94. The summed E-state index contributed by atoms with van der Waals surface area (Å²) in [6.07, 6.45) is 7.69. The molecule has 0 aromatic heterocycles. The van der Waals surface area contributed by atoms with E-state index in [1.165, 1.54) is 62.8 Å². The predicted molar refractivity (Wildman–Crippen MR) is 96.9 cm³/mol. The molecule has 0 saturated heterocycles. The van der Waals surface area contributed by atoms with Crippen molar-refractivity contribution in [2.45, 2.75) is 44.1 Å². The number of carbonyl (C=O) groups is 2. The molecule has 5 nitrogen and oxygen atoms in total. The normalized spacial score (nSPS) is 31.7. The second-order valence-corrected chi connectivity index (χ2v) is 8.38. The number of hydrogen-bond donors (Lipinski definition) is 3. The Hall–Kier alpha value is -1.95. The number of carbonyl (C=O) groups excluding carboxylic acids is 2. The number of halogens is 1. The van der Waals surface area contributed by atoms with Gasteiger partial charge in [0.2, 0.25) is 11.8 Å². The molecule has 4 aliphatic carbocycles. The molecule has 0 aliphatic heterocycles. The predicted octanol–water partition coefficient (Wildman–Crippen LogP) is 2.44. The molecular weight excluding hydrogens is 333 g/mol. The monoisotopic (exact) mass is 359 g/mol. The van der Waals surface area contributed by atoms with Crippen molar-refractivity contribution in [3.8, 4) is 0 Å². The minimum atomic E-state index is -0.355. The average Bonchev–Trinajstić information content (AvgIpc) is 2.59. The van der Waals surface area contributed by atoms with Gasteiger partial charge in [-0.1, -0.05) is 0 Å². The molecule has 5 rings (SSSR count). The lowest BCUT2D eigenvalue weighted by Crippen LogP contribution is -2.60. The molecular formula is C20H26FN3O2. The van der Waals surface area contributed by atoms with Crippen LogP contribution in [0.1, 0.15) is 38.5 Å². The second-order valence-electron chi connectivity index (χ2n) is 8.38. The average molecular weight is 359 g/mol. The molecule has 0 radical (unpaired) electrons. The van der Waals surface area contributed by atoms with Crippen molar-refractivity contribution in [1.82, 2.24) is 10.6 Å². The van der Waals surface area contributed by atoms with Gasteiger partial charge in [-0.25, -0.2) is 4.39 Å². The van der Waals surface area contributed by atoms with Gasteiger partial charge >= 0.3 is 0 Å². The van der Waals surface area contributed by atoms with Crippen LogP contribution in [-0.2, 0) is 9.59 Å². The van der Waals surface area contributed by atoms with E-state index in [2.05, 4.69) is 16.0 Å². The fraction of sp³-hybridized carbons (Fsp3) is 0.600. The summed E-state index contributed by atoms with van der Waals surface area (Å²) >= 11 is 0. The van der Waals surface area contributed by atoms with Crippen LogP contribution >= 0.6 is 0 Å². The highest BCUT2D eigenvalue weighted by atomic mass is 19.1. The maximum absolute atomic E-state index is 12.9. The maximum Gasteiger partial charge on any atom is 0.243 e. The van der Waals surface area contributed by atoms with Crippen molar-refractivity contribution in [2.75, 3.05) is 18.4 Å². The lowest BCUT2D eigenvalue weighted by Gasteiger charge is -2.57. The molecule has 4 bridgehead atoms. The lowest BCUT2D eigenvalue weighted by molar-refractivity contribution is -0.124.